The number of nitrogens with zero attached hydrogens (tertiary/aromatic N) is 3. The number of fused-ring (bicyclic) bond motifs is 3. The largest absolute Gasteiger partial charge is 0.510 e. The second-order valence-corrected chi connectivity index (χ2v) is 9.85. The summed E-state index contributed by atoms with van der Waals surface area (Å²) in [6.07, 6.45) is -0.0292. The molecule has 0 fully saturated rings. The zero-order valence-electron chi connectivity index (χ0n) is 20.7. The molecule has 13 nitrogen and oxygen atoms in total. The molecule has 3 aliphatic carbocycles. The summed E-state index contributed by atoms with van der Waals surface area (Å²) >= 11 is 0. The molecule has 3 aliphatic rings. The number of rotatable bonds is 5. The first kappa shape index (κ1) is 26.1. The highest BCUT2D eigenvalue weighted by Gasteiger charge is 2.63. The van der Waals surface area contributed by atoms with Crippen molar-refractivity contribution in [2.24, 2.45) is 17.6 Å². The van der Waals surface area contributed by atoms with Gasteiger partial charge >= 0.3 is 5.69 Å². The van der Waals surface area contributed by atoms with Gasteiger partial charge in [-0.2, -0.15) is 0 Å². The van der Waals surface area contributed by atoms with Gasteiger partial charge in [-0.1, -0.05) is 0 Å². The molecule has 0 radical (unpaired) electrons. The minimum absolute atomic E-state index is 0.0414. The molecule has 3 unspecified atom stereocenters. The van der Waals surface area contributed by atoms with Crippen molar-refractivity contribution in [2.45, 2.75) is 31.4 Å². The number of benzene rings is 1. The molecule has 4 rings (SSSR count). The number of ketones is 2. The lowest BCUT2D eigenvalue weighted by molar-refractivity contribution is -0.385. The normalized spacial score (nSPS) is 27.1. The molecule has 13 heteroatoms. The van der Waals surface area contributed by atoms with Crippen LogP contribution in [0.15, 0.2) is 28.7 Å². The Kier molecular flexibility index (Phi) is 6.04. The summed E-state index contributed by atoms with van der Waals surface area (Å²) in [5, 5.41) is 56.0. The molecule has 1 amide bonds. The van der Waals surface area contributed by atoms with E-state index >= 15 is 0 Å². The highest BCUT2D eigenvalue weighted by molar-refractivity contribution is 6.25. The highest BCUT2D eigenvalue weighted by atomic mass is 16.6. The highest BCUT2D eigenvalue weighted by Crippen LogP contribution is 2.54. The number of aliphatic hydroxyl groups excluding tert-OH is 2. The third kappa shape index (κ3) is 3.41. The third-order valence-corrected chi connectivity index (χ3v) is 7.76. The van der Waals surface area contributed by atoms with E-state index in [2.05, 4.69) is 0 Å². The fraction of sp³-hybridized carbons (Fsp3) is 0.458. The van der Waals surface area contributed by atoms with Crippen LogP contribution >= 0.6 is 0 Å². The first-order valence-electron chi connectivity index (χ1n) is 11.6. The molecule has 0 saturated heterocycles. The first-order chi connectivity index (χ1) is 17.2. The number of carbonyl (C=O) groups excluding carboxylic acids is 3. The number of primary amides is 1. The molecule has 198 valence electrons. The van der Waals surface area contributed by atoms with Crippen molar-refractivity contribution in [3.63, 3.8) is 0 Å². The van der Waals surface area contributed by atoms with E-state index in [4.69, 9.17) is 5.73 Å². The van der Waals surface area contributed by atoms with Crippen LogP contribution in [0.1, 0.15) is 29.3 Å². The predicted octanol–water partition coefficient (Wildman–Crippen LogP) is 0.485. The second kappa shape index (κ2) is 8.56. The fourth-order valence-electron chi connectivity index (χ4n) is 5.94. The van der Waals surface area contributed by atoms with Gasteiger partial charge in [0, 0.05) is 36.8 Å². The van der Waals surface area contributed by atoms with E-state index in [0.29, 0.717) is 17.8 Å². The summed E-state index contributed by atoms with van der Waals surface area (Å²) in [4.78, 5) is 53.0. The summed E-state index contributed by atoms with van der Waals surface area (Å²) in [6, 6.07) is 0.0764. The van der Waals surface area contributed by atoms with E-state index in [1.165, 1.54) is 11.0 Å². The maximum Gasteiger partial charge on any atom is 0.313 e. The van der Waals surface area contributed by atoms with Crippen molar-refractivity contribution < 1.29 is 39.7 Å². The lowest BCUT2D eigenvalue weighted by Gasteiger charge is -2.50. The van der Waals surface area contributed by atoms with Gasteiger partial charge in [0.1, 0.15) is 17.1 Å². The number of Topliss-reactive ketones (excluding diaryl/α,β-unsaturated/α-hetero) is 2. The molecule has 37 heavy (non-hydrogen) atoms. The molecular formula is C24H28N4O9. The van der Waals surface area contributed by atoms with Gasteiger partial charge in [0.15, 0.2) is 11.4 Å². The lowest BCUT2D eigenvalue weighted by atomic mass is 9.58. The van der Waals surface area contributed by atoms with Crippen molar-refractivity contribution in [3.05, 3.63) is 50.0 Å². The van der Waals surface area contributed by atoms with Crippen LogP contribution in [-0.4, -0.2) is 87.1 Å². The number of carbonyl (C=O) groups is 3. The van der Waals surface area contributed by atoms with Crippen LogP contribution in [0.3, 0.4) is 0 Å². The Morgan fingerprint density at radius 2 is 1.86 bits per heavy atom. The predicted molar refractivity (Wildman–Crippen MR) is 129 cm³/mol. The van der Waals surface area contributed by atoms with Gasteiger partial charge < -0.3 is 31.1 Å². The molecule has 4 atom stereocenters. The van der Waals surface area contributed by atoms with Gasteiger partial charge in [-0.05, 0) is 45.3 Å². The first-order valence-corrected chi connectivity index (χ1v) is 11.6. The van der Waals surface area contributed by atoms with Crippen LogP contribution in [0.2, 0.25) is 0 Å². The van der Waals surface area contributed by atoms with E-state index < -0.39 is 80.0 Å². The van der Waals surface area contributed by atoms with Gasteiger partial charge in [-0.15, -0.1) is 0 Å². The summed E-state index contributed by atoms with van der Waals surface area (Å²) in [5.74, 6) is -8.13. The minimum Gasteiger partial charge on any atom is -0.510 e. The Hall–Kier alpha value is -3.97. The number of allylic oxidation sites excluding steroid dienone is 1. The number of anilines is 1. The number of phenolic OH excluding ortho intramolecular Hbond substituents is 1. The van der Waals surface area contributed by atoms with Crippen molar-refractivity contribution >= 4 is 28.8 Å². The number of aliphatic hydroxyl groups is 3. The van der Waals surface area contributed by atoms with E-state index in [1.807, 2.05) is 0 Å². The number of hydrogen-bond acceptors (Lipinski definition) is 11. The van der Waals surface area contributed by atoms with Crippen molar-refractivity contribution in [2.75, 3.05) is 32.6 Å². The molecule has 0 spiro atoms. The molecule has 6 N–H and O–H groups in total. The second-order valence-electron chi connectivity index (χ2n) is 9.85. The summed E-state index contributed by atoms with van der Waals surface area (Å²) in [7, 11) is 4.75. The standard InChI is InChI=1S/C24H28N4O9/c1-5-27(4)12-8-13(28(36)37)18(29)15-10(12)6-9-7-11-17(26(2)3)20(31)16(23(25)34)22(33)24(11,35)21(32)14(9)19(15)30/h8-9,11,17,29,31-32,35H,5-7H2,1-4H3,(H2,25,34)/t9?,11?,17-,24?/m0/s1. The monoisotopic (exact) mass is 516 g/mol. The van der Waals surface area contributed by atoms with Gasteiger partial charge in [-0.25, -0.2) is 0 Å². The number of likely N-dealkylation sites (N-methyl/N-ethyl adjacent to an activating group) is 1. The quantitative estimate of drug-likeness (QED) is 0.207. The van der Waals surface area contributed by atoms with Crippen LogP contribution in [0.5, 0.6) is 5.75 Å². The van der Waals surface area contributed by atoms with E-state index in [9.17, 15) is 44.9 Å². The zero-order chi connectivity index (χ0) is 27.7. The minimum atomic E-state index is -2.77. The third-order valence-electron chi connectivity index (χ3n) is 7.76. The lowest BCUT2D eigenvalue weighted by Crippen LogP contribution is -2.63. The number of nitrogens with two attached hydrogens (primary N) is 1. The van der Waals surface area contributed by atoms with Gasteiger partial charge in [0.05, 0.1) is 16.5 Å². The Morgan fingerprint density at radius 3 is 2.38 bits per heavy atom. The van der Waals surface area contributed by atoms with Crippen molar-refractivity contribution in [1.29, 1.82) is 0 Å². The fourth-order valence-corrected chi connectivity index (χ4v) is 5.94. The molecule has 1 aromatic rings. The number of aromatic hydroxyl groups is 1. The van der Waals surface area contributed by atoms with Crippen LogP contribution in [0.25, 0.3) is 0 Å². The Labute approximate surface area is 211 Å². The van der Waals surface area contributed by atoms with Gasteiger partial charge in [0.2, 0.25) is 11.5 Å². The average molecular weight is 517 g/mol. The van der Waals surface area contributed by atoms with Crippen LogP contribution in [0, 0.1) is 22.0 Å². The van der Waals surface area contributed by atoms with Crippen LogP contribution in [0.4, 0.5) is 11.4 Å². The summed E-state index contributed by atoms with van der Waals surface area (Å²) in [5.41, 5.74) is 0.819. The maximum absolute atomic E-state index is 13.7. The smallest absolute Gasteiger partial charge is 0.313 e. The Balaban J connectivity index is 2.01. The number of amides is 1. The summed E-state index contributed by atoms with van der Waals surface area (Å²) in [6.45, 7) is 2.23. The van der Waals surface area contributed by atoms with Gasteiger partial charge in [-0.3, -0.25) is 29.4 Å². The van der Waals surface area contributed by atoms with Crippen molar-refractivity contribution in [1.82, 2.24) is 4.90 Å². The molecule has 0 bridgehead atoms. The van der Waals surface area contributed by atoms with Crippen LogP contribution < -0.4 is 10.6 Å². The average Bonchev–Trinajstić information content (AvgIpc) is 2.80. The maximum atomic E-state index is 13.7. The van der Waals surface area contributed by atoms with E-state index in [1.54, 1.807) is 33.0 Å². The molecule has 0 heterocycles. The number of hydrogen-bond donors (Lipinski definition) is 5. The van der Waals surface area contributed by atoms with E-state index in [-0.39, 0.29) is 18.4 Å². The molecule has 0 saturated carbocycles. The molecule has 1 aromatic carbocycles. The molecule has 0 aliphatic heterocycles. The Morgan fingerprint density at radius 1 is 1.24 bits per heavy atom. The number of nitro benzene ring substituents is 1. The van der Waals surface area contributed by atoms with Crippen molar-refractivity contribution in [3.8, 4) is 5.75 Å². The van der Waals surface area contributed by atoms with Gasteiger partial charge in [0.25, 0.3) is 5.91 Å². The summed E-state index contributed by atoms with van der Waals surface area (Å²) < 4.78 is 0. The zero-order valence-corrected chi connectivity index (χ0v) is 20.7. The number of phenols is 1. The molecular weight excluding hydrogens is 488 g/mol. The van der Waals surface area contributed by atoms with Crippen LogP contribution in [-0.2, 0) is 16.0 Å². The topological polar surface area (TPSA) is 208 Å². The number of nitro groups is 1. The molecule has 0 aromatic heterocycles. The van der Waals surface area contributed by atoms with E-state index in [0.717, 1.165) is 0 Å². The SMILES string of the molecule is CCN(C)c1cc([N+](=O)[O-])c(O)c2c1CC1CC3[C@H](N(C)C)C(O)=C(C(N)=O)C(=O)C3(O)C(O)=C1C2=O. The Bertz CT molecular complexity index is 1330.